The Morgan fingerprint density at radius 3 is 2.46 bits per heavy atom. The summed E-state index contributed by atoms with van der Waals surface area (Å²) in [4.78, 5) is 2.37. The van der Waals surface area contributed by atoms with Crippen molar-refractivity contribution in [2.24, 2.45) is 5.92 Å². The van der Waals surface area contributed by atoms with Crippen LogP contribution in [0.4, 0.5) is 4.39 Å². The van der Waals surface area contributed by atoms with Crippen LogP contribution < -0.4 is 5.32 Å². The average molecular weight is 446 g/mol. The number of nitrogens with one attached hydrogen (secondary N) is 1. The van der Waals surface area contributed by atoms with Crippen LogP contribution in [-0.2, 0) is 4.74 Å². The lowest BCUT2D eigenvalue weighted by Crippen LogP contribution is -2.47. The lowest BCUT2D eigenvalue weighted by Gasteiger charge is -2.41. The normalized spacial score (nSPS) is 20.8. The fourth-order valence-electron chi connectivity index (χ4n) is 3.55. The lowest BCUT2D eigenvalue weighted by atomic mass is 9.85. The van der Waals surface area contributed by atoms with Gasteiger partial charge in [0.05, 0.1) is 4.47 Å². The Bertz CT molecular complexity index is 509. The van der Waals surface area contributed by atoms with Gasteiger partial charge in [-0.1, -0.05) is 0 Å². The zero-order valence-corrected chi connectivity index (χ0v) is 16.6. The molecule has 0 radical (unpaired) electrons. The number of phenolic OH excluding ortho intramolecular Hbond substituents is 1. The molecule has 1 aromatic rings. The molecule has 0 amide bonds. The van der Waals surface area contributed by atoms with Gasteiger partial charge < -0.3 is 15.2 Å². The molecule has 2 N–H and O–H groups in total. The first-order chi connectivity index (χ1) is 10.7. The van der Waals surface area contributed by atoms with E-state index in [1.165, 1.54) is 12.1 Å². The van der Waals surface area contributed by atoms with Crippen LogP contribution in [0.3, 0.4) is 0 Å². The molecule has 0 aliphatic carbocycles. The van der Waals surface area contributed by atoms with Gasteiger partial charge >= 0.3 is 0 Å². The van der Waals surface area contributed by atoms with Crippen LogP contribution in [0.25, 0.3) is 0 Å². The molecule has 138 valence electrons. The largest absolute Gasteiger partial charge is 0.506 e. The number of nitrogens with zero attached hydrogens (tertiary/aromatic N) is 1. The number of aromatic hydroxyl groups is 1. The van der Waals surface area contributed by atoms with Crippen molar-refractivity contribution in [1.29, 1.82) is 0 Å². The average Bonchev–Trinajstić information content (AvgIpc) is 2.54. The zero-order chi connectivity index (χ0) is 15.5. The van der Waals surface area contributed by atoms with Gasteiger partial charge in [-0.05, 0) is 46.8 Å². The summed E-state index contributed by atoms with van der Waals surface area (Å²) >= 11 is 3.27. The molecule has 2 fully saturated rings. The van der Waals surface area contributed by atoms with Gasteiger partial charge in [-0.2, -0.15) is 0 Å². The van der Waals surface area contributed by atoms with E-state index in [1.807, 2.05) is 0 Å². The Morgan fingerprint density at radius 2 is 1.83 bits per heavy atom. The maximum Gasteiger partial charge on any atom is 0.134 e. The standard InChI is InChI=1S/C16H22BrFN2O2.2ClH/c17-14-10-12(18)9-13(16(14)21)15(11-1-7-22-8-2-11)20-5-3-19-4-6-20;;/h9-11,15,19,21H,1-8H2;2*1H/t15-;;/m0../s1. The first kappa shape index (κ1) is 21.9. The molecule has 2 aliphatic rings. The molecule has 0 bridgehead atoms. The number of hydrogen-bond donors (Lipinski definition) is 2. The predicted octanol–water partition coefficient (Wildman–Crippen LogP) is 3.51. The summed E-state index contributed by atoms with van der Waals surface area (Å²) in [6.45, 7) is 5.16. The van der Waals surface area contributed by atoms with E-state index in [2.05, 4.69) is 26.1 Å². The minimum absolute atomic E-state index is 0. The molecule has 2 heterocycles. The number of phenols is 1. The first-order valence-electron chi connectivity index (χ1n) is 7.87. The third kappa shape index (κ3) is 4.96. The monoisotopic (exact) mass is 444 g/mol. The summed E-state index contributed by atoms with van der Waals surface area (Å²) in [5.74, 6) is 0.231. The number of halogens is 4. The number of piperazine rings is 1. The van der Waals surface area contributed by atoms with Crippen molar-refractivity contribution in [3.8, 4) is 5.75 Å². The Kier molecular flexibility index (Phi) is 9.27. The molecule has 24 heavy (non-hydrogen) atoms. The van der Waals surface area contributed by atoms with Crippen LogP contribution in [0.5, 0.6) is 5.75 Å². The Balaban J connectivity index is 0.00000144. The summed E-state index contributed by atoms with van der Waals surface area (Å²) in [5.41, 5.74) is 0.695. The molecule has 2 saturated heterocycles. The van der Waals surface area contributed by atoms with E-state index >= 15 is 0 Å². The number of ether oxygens (including phenoxy) is 1. The number of rotatable bonds is 3. The van der Waals surface area contributed by atoms with E-state index in [0.29, 0.717) is 16.0 Å². The summed E-state index contributed by atoms with van der Waals surface area (Å²) in [6.07, 6.45) is 1.89. The van der Waals surface area contributed by atoms with E-state index < -0.39 is 0 Å². The molecule has 1 aromatic carbocycles. The lowest BCUT2D eigenvalue weighted by molar-refractivity contribution is 0.0205. The van der Waals surface area contributed by atoms with Crippen LogP contribution in [0, 0.1) is 11.7 Å². The Hall–Kier alpha value is -0.110. The molecule has 1 atom stereocenters. The van der Waals surface area contributed by atoms with Gasteiger partial charge in [-0.25, -0.2) is 4.39 Å². The van der Waals surface area contributed by atoms with Gasteiger partial charge in [0.15, 0.2) is 0 Å². The van der Waals surface area contributed by atoms with Crippen LogP contribution in [0.1, 0.15) is 24.4 Å². The van der Waals surface area contributed by atoms with Crippen molar-refractivity contribution in [2.45, 2.75) is 18.9 Å². The Labute approximate surface area is 163 Å². The molecule has 8 heteroatoms. The second kappa shape index (κ2) is 10.1. The number of benzene rings is 1. The summed E-state index contributed by atoms with van der Waals surface area (Å²) in [6, 6.07) is 2.85. The first-order valence-corrected chi connectivity index (χ1v) is 8.66. The molecular weight excluding hydrogens is 422 g/mol. The van der Waals surface area contributed by atoms with Gasteiger partial charge in [0, 0.05) is 51.0 Å². The van der Waals surface area contributed by atoms with Gasteiger partial charge in [0.1, 0.15) is 11.6 Å². The van der Waals surface area contributed by atoms with Gasteiger partial charge in [-0.15, -0.1) is 24.8 Å². The van der Waals surface area contributed by atoms with E-state index in [-0.39, 0.29) is 42.4 Å². The van der Waals surface area contributed by atoms with Crippen molar-refractivity contribution in [2.75, 3.05) is 39.4 Å². The molecule has 2 aliphatic heterocycles. The van der Waals surface area contributed by atoms with E-state index in [4.69, 9.17) is 4.74 Å². The molecule has 0 unspecified atom stereocenters. The highest BCUT2D eigenvalue weighted by atomic mass is 79.9. The summed E-state index contributed by atoms with van der Waals surface area (Å²) in [5, 5.41) is 13.8. The second-order valence-corrected chi connectivity index (χ2v) is 6.86. The van der Waals surface area contributed by atoms with Crippen molar-refractivity contribution in [3.05, 3.63) is 28.0 Å². The van der Waals surface area contributed by atoms with E-state index in [9.17, 15) is 9.50 Å². The van der Waals surface area contributed by atoms with Crippen molar-refractivity contribution in [1.82, 2.24) is 10.2 Å². The molecule has 0 spiro atoms. The molecule has 0 aromatic heterocycles. The van der Waals surface area contributed by atoms with Crippen LogP contribution in [0.2, 0.25) is 0 Å². The van der Waals surface area contributed by atoms with Gasteiger partial charge in [0.25, 0.3) is 0 Å². The topological polar surface area (TPSA) is 44.7 Å². The second-order valence-electron chi connectivity index (χ2n) is 6.01. The highest BCUT2D eigenvalue weighted by molar-refractivity contribution is 9.10. The number of hydrogen-bond acceptors (Lipinski definition) is 4. The smallest absolute Gasteiger partial charge is 0.134 e. The van der Waals surface area contributed by atoms with E-state index in [0.717, 1.165) is 52.2 Å². The van der Waals surface area contributed by atoms with Crippen molar-refractivity contribution >= 4 is 40.7 Å². The highest BCUT2D eigenvalue weighted by Crippen LogP contribution is 2.42. The van der Waals surface area contributed by atoms with Crippen molar-refractivity contribution < 1.29 is 14.2 Å². The van der Waals surface area contributed by atoms with Gasteiger partial charge in [0.2, 0.25) is 0 Å². The van der Waals surface area contributed by atoms with E-state index in [1.54, 1.807) is 0 Å². The quantitative estimate of drug-likeness (QED) is 0.747. The van der Waals surface area contributed by atoms with Crippen LogP contribution in [-0.4, -0.2) is 49.4 Å². The zero-order valence-electron chi connectivity index (χ0n) is 13.3. The molecule has 4 nitrogen and oxygen atoms in total. The summed E-state index contributed by atoms with van der Waals surface area (Å²) < 4.78 is 19.8. The van der Waals surface area contributed by atoms with Crippen molar-refractivity contribution in [3.63, 3.8) is 0 Å². The van der Waals surface area contributed by atoms with Crippen LogP contribution >= 0.6 is 40.7 Å². The predicted molar refractivity (Wildman–Crippen MR) is 101 cm³/mol. The minimum atomic E-state index is -0.313. The third-order valence-electron chi connectivity index (χ3n) is 4.63. The molecular formula is C16H24BrCl2FN2O2. The molecule has 0 saturated carbocycles. The van der Waals surface area contributed by atoms with Gasteiger partial charge in [-0.3, -0.25) is 4.90 Å². The third-order valence-corrected chi connectivity index (χ3v) is 5.24. The fourth-order valence-corrected chi connectivity index (χ4v) is 4.00. The Morgan fingerprint density at radius 1 is 1.21 bits per heavy atom. The fraction of sp³-hybridized carbons (Fsp3) is 0.625. The SMILES string of the molecule is Cl.Cl.Oc1c(Br)cc(F)cc1[C@H](C1CCOCC1)N1CCNCC1. The molecule has 3 rings (SSSR count). The highest BCUT2D eigenvalue weighted by Gasteiger charge is 2.33. The van der Waals surface area contributed by atoms with Crippen LogP contribution in [0.15, 0.2) is 16.6 Å². The maximum absolute atomic E-state index is 13.9. The summed E-state index contributed by atoms with van der Waals surface area (Å²) in [7, 11) is 0. The minimum Gasteiger partial charge on any atom is -0.506 e. The maximum atomic E-state index is 13.9.